The van der Waals surface area contributed by atoms with Gasteiger partial charge in [-0.3, -0.25) is 9.59 Å². The van der Waals surface area contributed by atoms with Gasteiger partial charge in [0, 0.05) is 26.1 Å². The van der Waals surface area contributed by atoms with Crippen LogP contribution in [0.4, 0.5) is 0 Å². The third-order valence-electron chi connectivity index (χ3n) is 4.87. The fourth-order valence-electron chi connectivity index (χ4n) is 2.83. The number of carbonyl (C=O) groups is 2. The maximum absolute atomic E-state index is 12.4. The van der Waals surface area contributed by atoms with Crippen LogP contribution in [0.1, 0.15) is 40.0 Å². The Labute approximate surface area is 128 Å². The highest BCUT2D eigenvalue weighted by Gasteiger charge is 2.40. The van der Waals surface area contributed by atoms with E-state index in [-0.39, 0.29) is 18.2 Å². The van der Waals surface area contributed by atoms with Gasteiger partial charge in [0.2, 0.25) is 5.91 Å². The van der Waals surface area contributed by atoms with Gasteiger partial charge in [0.15, 0.2) is 0 Å². The first-order valence-electron chi connectivity index (χ1n) is 7.82. The number of aliphatic carboxylic acids is 1. The number of hydrogen-bond acceptors (Lipinski definition) is 3. The largest absolute Gasteiger partial charge is 0.481 e. The summed E-state index contributed by atoms with van der Waals surface area (Å²) in [5, 5.41) is 9.42. The molecular weight excluding hydrogens is 268 g/mol. The lowest BCUT2D eigenvalue weighted by Gasteiger charge is -2.36. The average molecular weight is 298 g/mol. The number of rotatable bonds is 6. The van der Waals surface area contributed by atoms with E-state index >= 15 is 0 Å². The van der Waals surface area contributed by atoms with Crippen molar-refractivity contribution in [2.75, 3.05) is 33.7 Å². The molecule has 21 heavy (non-hydrogen) atoms. The minimum Gasteiger partial charge on any atom is -0.481 e. The number of carboxylic acids is 1. The molecule has 1 amide bonds. The van der Waals surface area contributed by atoms with Crippen LogP contribution in [0.5, 0.6) is 0 Å². The topological polar surface area (TPSA) is 60.9 Å². The first-order chi connectivity index (χ1) is 9.66. The van der Waals surface area contributed by atoms with Crippen LogP contribution in [-0.2, 0) is 9.59 Å². The van der Waals surface area contributed by atoms with Crippen molar-refractivity contribution in [2.24, 2.45) is 17.3 Å². The number of nitrogens with zero attached hydrogens (tertiary/aromatic N) is 2. The van der Waals surface area contributed by atoms with Crippen molar-refractivity contribution >= 4 is 11.9 Å². The van der Waals surface area contributed by atoms with E-state index < -0.39 is 11.4 Å². The van der Waals surface area contributed by atoms with E-state index in [1.54, 1.807) is 6.92 Å². The lowest BCUT2D eigenvalue weighted by molar-refractivity contribution is -0.155. The van der Waals surface area contributed by atoms with Crippen LogP contribution in [0.25, 0.3) is 0 Å². The van der Waals surface area contributed by atoms with Crippen molar-refractivity contribution < 1.29 is 14.7 Å². The molecule has 1 rings (SSSR count). The number of likely N-dealkylation sites (tertiary alicyclic amines) is 1. The molecule has 0 spiro atoms. The molecule has 1 N–H and O–H groups in total. The SMILES string of the molecule is CC(C)C(C)(CC(=O)N1CCC(CN(C)C)CC1)C(=O)O. The fraction of sp³-hybridized carbons (Fsp3) is 0.875. The van der Waals surface area contributed by atoms with Gasteiger partial charge in [-0.1, -0.05) is 13.8 Å². The van der Waals surface area contributed by atoms with Crippen LogP contribution in [0.3, 0.4) is 0 Å². The molecule has 1 atom stereocenters. The quantitative estimate of drug-likeness (QED) is 0.814. The molecule has 122 valence electrons. The number of amides is 1. The van der Waals surface area contributed by atoms with Crippen molar-refractivity contribution in [3.63, 3.8) is 0 Å². The summed E-state index contributed by atoms with van der Waals surface area (Å²) in [5.41, 5.74) is -0.975. The molecule has 1 fully saturated rings. The predicted molar refractivity (Wildman–Crippen MR) is 83.1 cm³/mol. The average Bonchev–Trinajstić information content (AvgIpc) is 2.38. The number of hydrogen-bond donors (Lipinski definition) is 1. The van der Waals surface area contributed by atoms with Gasteiger partial charge in [0.25, 0.3) is 0 Å². The summed E-state index contributed by atoms with van der Waals surface area (Å²) in [4.78, 5) is 27.9. The maximum Gasteiger partial charge on any atom is 0.310 e. The number of carbonyl (C=O) groups excluding carboxylic acids is 1. The zero-order chi connectivity index (χ0) is 16.2. The zero-order valence-electron chi connectivity index (χ0n) is 14.1. The van der Waals surface area contributed by atoms with Crippen LogP contribution < -0.4 is 0 Å². The molecule has 1 aliphatic heterocycles. The van der Waals surface area contributed by atoms with Crippen molar-refractivity contribution in [3.05, 3.63) is 0 Å². The lowest BCUT2D eigenvalue weighted by atomic mass is 9.76. The molecule has 1 unspecified atom stereocenters. The Morgan fingerprint density at radius 3 is 2.19 bits per heavy atom. The van der Waals surface area contributed by atoms with Crippen molar-refractivity contribution in [1.82, 2.24) is 9.80 Å². The molecule has 5 heteroatoms. The Balaban J connectivity index is 2.56. The summed E-state index contributed by atoms with van der Waals surface area (Å²) in [6.07, 6.45) is 2.11. The predicted octanol–water partition coefficient (Wildman–Crippen LogP) is 1.92. The van der Waals surface area contributed by atoms with Gasteiger partial charge in [0.05, 0.1) is 5.41 Å². The monoisotopic (exact) mass is 298 g/mol. The summed E-state index contributed by atoms with van der Waals surface area (Å²) >= 11 is 0. The molecule has 0 aromatic carbocycles. The molecule has 0 aliphatic carbocycles. The van der Waals surface area contributed by atoms with Crippen LogP contribution in [0, 0.1) is 17.3 Å². The van der Waals surface area contributed by atoms with Gasteiger partial charge in [-0.25, -0.2) is 0 Å². The van der Waals surface area contributed by atoms with Crippen LogP contribution in [-0.4, -0.2) is 60.5 Å². The molecule has 0 saturated carbocycles. The molecule has 0 aromatic heterocycles. The van der Waals surface area contributed by atoms with Gasteiger partial charge in [-0.2, -0.15) is 0 Å². The third-order valence-corrected chi connectivity index (χ3v) is 4.87. The standard InChI is InChI=1S/C16H30N2O3/c1-12(2)16(3,15(20)21)10-14(19)18-8-6-13(7-9-18)11-17(4)5/h12-13H,6-11H2,1-5H3,(H,20,21). The van der Waals surface area contributed by atoms with E-state index in [0.29, 0.717) is 5.92 Å². The van der Waals surface area contributed by atoms with E-state index in [9.17, 15) is 14.7 Å². The van der Waals surface area contributed by atoms with Crippen molar-refractivity contribution in [3.8, 4) is 0 Å². The second-order valence-electron chi connectivity index (χ2n) is 7.14. The van der Waals surface area contributed by atoms with E-state index in [4.69, 9.17) is 0 Å². The van der Waals surface area contributed by atoms with Crippen molar-refractivity contribution in [1.29, 1.82) is 0 Å². The number of piperidine rings is 1. The Kier molecular flexibility index (Phi) is 6.20. The van der Waals surface area contributed by atoms with Gasteiger partial charge < -0.3 is 14.9 Å². The Morgan fingerprint density at radius 1 is 1.29 bits per heavy atom. The highest BCUT2D eigenvalue weighted by Crippen LogP contribution is 2.32. The highest BCUT2D eigenvalue weighted by molar-refractivity contribution is 5.85. The van der Waals surface area contributed by atoms with E-state index in [1.807, 2.05) is 18.7 Å². The van der Waals surface area contributed by atoms with Crippen molar-refractivity contribution in [2.45, 2.75) is 40.0 Å². The van der Waals surface area contributed by atoms with Gasteiger partial charge in [-0.15, -0.1) is 0 Å². The molecule has 1 saturated heterocycles. The summed E-state index contributed by atoms with van der Waals surface area (Å²) in [5.74, 6) is -0.324. The van der Waals surface area contributed by atoms with Gasteiger partial charge >= 0.3 is 5.97 Å². The molecular formula is C16H30N2O3. The first-order valence-corrected chi connectivity index (χ1v) is 7.82. The minimum absolute atomic E-state index is 0.0168. The Morgan fingerprint density at radius 2 is 1.81 bits per heavy atom. The molecule has 0 bridgehead atoms. The van der Waals surface area contributed by atoms with Crippen LogP contribution in [0.2, 0.25) is 0 Å². The van der Waals surface area contributed by atoms with Crippen LogP contribution in [0.15, 0.2) is 0 Å². The molecule has 1 aliphatic rings. The van der Waals surface area contributed by atoms with E-state index in [2.05, 4.69) is 19.0 Å². The summed E-state index contributed by atoms with van der Waals surface area (Å²) < 4.78 is 0. The zero-order valence-corrected chi connectivity index (χ0v) is 14.1. The highest BCUT2D eigenvalue weighted by atomic mass is 16.4. The Hall–Kier alpha value is -1.10. The molecule has 0 aromatic rings. The maximum atomic E-state index is 12.4. The summed E-state index contributed by atoms with van der Waals surface area (Å²) in [7, 11) is 4.14. The molecule has 0 radical (unpaired) electrons. The van der Waals surface area contributed by atoms with Gasteiger partial charge in [-0.05, 0) is 45.7 Å². The summed E-state index contributed by atoms with van der Waals surface area (Å²) in [6, 6.07) is 0. The van der Waals surface area contributed by atoms with Crippen LogP contribution >= 0.6 is 0 Å². The lowest BCUT2D eigenvalue weighted by Crippen LogP contribution is -2.44. The smallest absolute Gasteiger partial charge is 0.310 e. The molecule has 1 heterocycles. The Bertz CT molecular complexity index is 374. The second-order valence-corrected chi connectivity index (χ2v) is 7.14. The van der Waals surface area contributed by atoms with Gasteiger partial charge in [0.1, 0.15) is 0 Å². The fourth-order valence-corrected chi connectivity index (χ4v) is 2.83. The van der Waals surface area contributed by atoms with E-state index in [0.717, 1.165) is 32.5 Å². The normalized spacial score (nSPS) is 19.9. The third kappa shape index (κ3) is 4.70. The first kappa shape index (κ1) is 18.0. The minimum atomic E-state index is -0.975. The second kappa shape index (κ2) is 7.25. The summed E-state index contributed by atoms with van der Waals surface area (Å²) in [6.45, 7) is 7.98. The number of carboxylic acid groups (broad SMARTS) is 1. The molecule has 5 nitrogen and oxygen atoms in total. The van der Waals surface area contributed by atoms with E-state index in [1.165, 1.54) is 0 Å².